The van der Waals surface area contributed by atoms with E-state index in [0.29, 0.717) is 19.2 Å². The van der Waals surface area contributed by atoms with E-state index in [1.165, 1.54) is 11.9 Å². The summed E-state index contributed by atoms with van der Waals surface area (Å²) in [5.41, 5.74) is -2.53. The molecule has 5 nitrogen and oxygen atoms in total. The second-order valence-electron chi connectivity index (χ2n) is 3.94. The number of hydrogen-bond donors (Lipinski definition) is 2. The van der Waals surface area contributed by atoms with Crippen molar-refractivity contribution in [2.24, 2.45) is 0 Å². The van der Waals surface area contributed by atoms with Gasteiger partial charge in [0.05, 0.1) is 0 Å². The summed E-state index contributed by atoms with van der Waals surface area (Å²) in [6.45, 7) is 0.858. The first-order valence-corrected chi connectivity index (χ1v) is 5.48. The molecule has 0 atom stereocenters. The Morgan fingerprint density at radius 3 is 2.53 bits per heavy atom. The highest BCUT2D eigenvalue weighted by molar-refractivity contribution is 5.93. The molecular weight excluding hydrogens is 263 g/mol. The Morgan fingerprint density at radius 2 is 2.05 bits per heavy atom. The van der Waals surface area contributed by atoms with Gasteiger partial charge in [-0.1, -0.05) is 0 Å². The number of pyridine rings is 1. The van der Waals surface area contributed by atoms with Crippen LogP contribution in [-0.4, -0.2) is 43.0 Å². The number of alkyl halides is 3. The summed E-state index contributed by atoms with van der Waals surface area (Å²) in [6, 6.07) is 1.57. The maximum atomic E-state index is 12.4. The number of hydrogen-bond acceptors (Lipinski definition) is 3. The number of amides is 1. The minimum Gasteiger partial charge on any atom is -0.340 e. The molecule has 0 radical (unpaired) electrons. The van der Waals surface area contributed by atoms with Crippen LogP contribution in [0.15, 0.2) is 16.9 Å². The van der Waals surface area contributed by atoms with Gasteiger partial charge in [0, 0.05) is 20.1 Å². The van der Waals surface area contributed by atoms with Gasteiger partial charge >= 0.3 is 6.18 Å². The summed E-state index contributed by atoms with van der Waals surface area (Å²) < 4.78 is 37.1. The Morgan fingerprint density at radius 1 is 1.42 bits per heavy atom. The van der Waals surface area contributed by atoms with Crippen LogP contribution in [-0.2, 0) is 6.18 Å². The van der Waals surface area contributed by atoms with E-state index < -0.39 is 23.3 Å². The van der Waals surface area contributed by atoms with Crippen molar-refractivity contribution in [2.45, 2.75) is 6.18 Å². The van der Waals surface area contributed by atoms with E-state index in [9.17, 15) is 22.8 Å². The van der Waals surface area contributed by atoms with Crippen LogP contribution in [0.2, 0.25) is 0 Å². The van der Waals surface area contributed by atoms with E-state index in [1.807, 2.05) is 0 Å². The lowest BCUT2D eigenvalue weighted by Gasteiger charge is -2.16. The lowest BCUT2D eigenvalue weighted by atomic mass is 10.2. The van der Waals surface area contributed by atoms with Gasteiger partial charge in [0.1, 0.15) is 11.3 Å². The standard InChI is InChI=1S/C11H14F3N3O2/c1-15-5-6-17(2)10(19)7-3-4-8(11(12,13)14)16-9(7)18/h3-4,15H,5-6H2,1-2H3,(H,16,18). The highest BCUT2D eigenvalue weighted by Gasteiger charge is 2.32. The fourth-order valence-corrected chi connectivity index (χ4v) is 1.39. The van der Waals surface area contributed by atoms with E-state index in [0.717, 1.165) is 6.07 Å². The molecule has 1 heterocycles. The summed E-state index contributed by atoms with van der Waals surface area (Å²) in [4.78, 5) is 26.2. The Labute approximate surface area is 107 Å². The molecule has 1 aromatic rings. The van der Waals surface area contributed by atoms with Crippen LogP contribution < -0.4 is 10.9 Å². The van der Waals surface area contributed by atoms with Crippen molar-refractivity contribution in [3.8, 4) is 0 Å². The van der Waals surface area contributed by atoms with E-state index in [2.05, 4.69) is 5.32 Å². The number of rotatable bonds is 4. The third-order valence-electron chi connectivity index (χ3n) is 2.49. The van der Waals surface area contributed by atoms with Gasteiger partial charge < -0.3 is 15.2 Å². The molecule has 0 spiro atoms. The number of H-pyrrole nitrogens is 1. The SMILES string of the molecule is CNCCN(C)C(=O)c1ccc(C(F)(F)F)[nH]c1=O. The predicted molar refractivity (Wildman–Crippen MR) is 63.0 cm³/mol. The van der Waals surface area contributed by atoms with Crippen molar-refractivity contribution in [1.29, 1.82) is 0 Å². The molecular formula is C11H14F3N3O2. The van der Waals surface area contributed by atoms with E-state index >= 15 is 0 Å². The fraction of sp³-hybridized carbons (Fsp3) is 0.455. The molecule has 0 unspecified atom stereocenters. The molecule has 0 fully saturated rings. The number of aromatic nitrogens is 1. The molecule has 2 N–H and O–H groups in total. The number of nitrogens with one attached hydrogen (secondary N) is 2. The third kappa shape index (κ3) is 3.82. The maximum Gasteiger partial charge on any atom is 0.431 e. The molecule has 0 aliphatic rings. The molecule has 106 valence electrons. The summed E-state index contributed by atoms with van der Waals surface area (Å²) in [6.07, 6.45) is -4.64. The molecule has 1 aromatic heterocycles. The average molecular weight is 277 g/mol. The van der Waals surface area contributed by atoms with Crippen molar-refractivity contribution in [2.75, 3.05) is 27.2 Å². The van der Waals surface area contributed by atoms with Gasteiger partial charge in [-0.3, -0.25) is 9.59 Å². The van der Waals surface area contributed by atoms with Gasteiger partial charge in [0.15, 0.2) is 0 Å². The fourth-order valence-electron chi connectivity index (χ4n) is 1.39. The monoisotopic (exact) mass is 277 g/mol. The summed E-state index contributed by atoms with van der Waals surface area (Å²) in [7, 11) is 3.17. The third-order valence-corrected chi connectivity index (χ3v) is 2.49. The highest BCUT2D eigenvalue weighted by Crippen LogP contribution is 2.26. The first-order valence-electron chi connectivity index (χ1n) is 5.48. The molecule has 19 heavy (non-hydrogen) atoms. The van der Waals surface area contributed by atoms with Crippen molar-refractivity contribution in [3.05, 3.63) is 33.7 Å². The molecule has 0 aliphatic heterocycles. The molecule has 0 bridgehead atoms. The van der Waals surface area contributed by atoms with E-state index in [4.69, 9.17) is 0 Å². The molecule has 0 aromatic carbocycles. The Hall–Kier alpha value is -1.83. The first kappa shape index (κ1) is 15.2. The number of likely N-dealkylation sites (N-methyl/N-ethyl adjacent to an activating group) is 2. The Bertz CT molecular complexity index is 511. The van der Waals surface area contributed by atoms with Gasteiger partial charge in [-0.05, 0) is 19.2 Å². The lowest BCUT2D eigenvalue weighted by molar-refractivity contribution is -0.141. The molecule has 8 heteroatoms. The maximum absolute atomic E-state index is 12.4. The van der Waals surface area contributed by atoms with E-state index in [-0.39, 0.29) is 5.56 Å². The first-order chi connectivity index (χ1) is 8.77. The van der Waals surface area contributed by atoms with Gasteiger partial charge in [0.2, 0.25) is 0 Å². The van der Waals surface area contributed by atoms with Crippen molar-refractivity contribution in [3.63, 3.8) is 0 Å². The zero-order valence-electron chi connectivity index (χ0n) is 10.5. The summed E-state index contributed by atoms with van der Waals surface area (Å²) in [5.74, 6) is -0.620. The molecule has 0 saturated carbocycles. The normalized spacial score (nSPS) is 11.4. The molecule has 1 rings (SSSR count). The minimum absolute atomic E-state index is 0.313. The zero-order chi connectivity index (χ0) is 14.6. The van der Waals surface area contributed by atoms with Gasteiger partial charge in [0.25, 0.3) is 11.5 Å². The Kier molecular flexibility index (Phi) is 4.71. The largest absolute Gasteiger partial charge is 0.431 e. The summed E-state index contributed by atoms with van der Waals surface area (Å²) >= 11 is 0. The summed E-state index contributed by atoms with van der Waals surface area (Å²) in [5, 5.41) is 2.82. The van der Waals surface area contributed by atoms with Crippen LogP contribution in [0, 0.1) is 0 Å². The quantitative estimate of drug-likeness (QED) is 0.851. The second kappa shape index (κ2) is 5.87. The molecule has 0 saturated heterocycles. The number of halogens is 3. The number of carbonyl (C=O) groups excluding carboxylic acids is 1. The van der Waals surface area contributed by atoms with Crippen LogP contribution in [0.5, 0.6) is 0 Å². The van der Waals surface area contributed by atoms with E-state index in [1.54, 1.807) is 12.0 Å². The Balaban J connectivity index is 2.97. The topological polar surface area (TPSA) is 65.2 Å². The second-order valence-corrected chi connectivity index (χ2v) is 3.94. The van der Waals surface area contributed by atoms with Crippen molar-refractivity contribution in [1.82, 2.24) is 15.2 Å². The smallest absolute Gasteiger partial charge is 0.340 e. The van der Waals surface area contributed by atoms with Crippen LogP contribution in [0.3, 0.4) is 0 Å². The minimum atomic E-state index is -4.64. The van der Waals surface area contributed by atoms with Crippen molar-refractivity contribution < 1.29 is 18.0 Å². The number of aromatic amines is 1. The predicted octanol–water partition coefficient (Wildman–Crippen LogP) is 0.685. The van der Waals surface area contributed by atoms with Crippen LogP contribution in [0.1, 0.15) is 16.1 Å². The molecule has 0 aliphatic carbocycles. The van der Waals surface area contributed by atoms with Gasteiger partial charge in [-0.25, -0.2) is 0 Å². The number of carbonyl (C=O) groups is 1. The molecule has 1 amide bonds. The van der Waals surface area contributed by atoms with Crippen molar-refractivity contribution >= 4 is 5.91 Å². The van der Waals surface area contributed by atoms with Crippen LogP contribution >= 0.6 is 0 Å². The van der Waals surface area contributed by atoms with Gasteiger partial charge in [-0.15, -0.1) is 0 Å². The van der Waals surface area contributed by atoms with Gasteiger partial charge in [-0.2, -0.15) is 13.2 Å². The number of nitrogens with zero attached hydrogens (tertiary/aromatic N) is 1. The zero-order valence-corrected chi connectivity index (χ0v) is 10.5. The lowest BCUT2D eigenvalue weighted by Crippen LogP contribution is -2.36. The van der Waals surface area contributed by atoms with Crippen LogP contribution in [0.25, 0.3) is 0 Å². The highest BCUT2D eigenvalue weighted by atomic mass is 19.4. The average Bonchev–Trinajstić information content (AvgIpc) is 2.33. The van der Waals surface area contributed by atoms with Crippen LogP contribution in [0.4, 0.5) is 13.2 Å².